The van der Waals surface area contributed by atoms with Crippen molar-refractivity contribution in [1.82, 2.24) is 10.6 Å². The van der Waals surface area contributed by atoms with Crippen LogP contribution in [0, 0.1) is 5.82 Å². The molecule has 0 aromatic heterocycles. The Kier molecular flexibility index (Phi) is 8.75. The van der Waals surface area contributed by atoms with E-state index in [0.717, 1.165) is 11.1 Å². The van der Waals surface area contributed by atoms with Crippen molar-refractivity contribution >= 4 is 18.9 Å². The number of aryl methyl sites for hydroxylation is 1. The topological polar surface area (TPSA) is 98.7 Å². The van der Waals surface area contributed by atoms with Crippen LogP contribution in [-0.4, -0.2) is 41.0 Å². The van der Waals surface area contributed by atoms with Gasteiger partial charge >= 0.3 is 7.12 Å². The molecule has 4 N–H and O–H groups in total. The van der Waals surface area contributed by atoms with Gasteiger partial charge in [-0.15, -0.1) is 0 Å². The molecular weight excluding hydrogens is 422 g/mol. The van der Waals surface area contributed by atoms with E-state index in [1.807, 2.05) is 60.7 Å². The minimum Gasteiger partial charge on any atom is -0.426 e. The van der Waals surface area contributed by atoms with Gasteiger partial charge in [-0.25, -0.2) is 4.39 Å². The summed E-state index contributed by atoms with van der Waals surface area (Å²) in [6, 6.07) is 23.0. The number of nitrogens with one attached hydrogen (secondary N) is 2. The highest BCUT2D eigenvalue weighted by molar-refractivity contribution is 6.43. The molecule has 0 heterocycles. The van der Waals surface area contributed by atoms with Gasteiger partial charge in [0.2, 0.25) is 5.91 Å². The van der Waals surface area contributed by atoms with Crippen LogP contribution in [0.5, 0.6) is 0 Å². The Morgan fingerprint density at radius 3 is 2.00 bits per heavy atom. The van der Waals surface area contributed by atoms with Crippen LogP contribution in [0.4, 0.5) is 4.39 Å². The van der Waals surface area contributed by atoms with Gasteiger partial charge in [-0.05, 0) is 36.1 Å². The van der Waals surface area contributed by atoms with E-state index in [4.69, 9.17) is 0 Å². The Balaban J connectivity index is 1.73. The van der Waals surface area contributed by atoms with E-state index in [-0.39, 0.29) is 18.4 Å². The van der Waals surface area contributed by atoms with Gasteiger partial charge in [0.1, 0.15) is 11.9 Å². The highest BCUT2D eigenvalue weighted by Gasteiger charge is 2.30. The zero-order valence-electron chi connectivity index (χ0n) is 18.0. The average Bonchev–Trinajstić information content (AvgIpc) is 2.82. The minimum atomic E-state index is -1.78. The molecule has 33 heavy (non-hydrogen) atoms. The van der Waals surface area contributed by atoms with Crippen LogP contribution in [0.15, 0.2) is 84.9 Å². The maximum Gasteiger partial charge on any atom is 0.475 e. The molecule has 2 atom stereocenters. The van der Waals surface area contributed by atoms with Crippen LogP contribution in [0.3, 0.4) is 0 Å². The standard InChI is InChI=1S/C25H26BFN2O4/c27-21-14-8-7-13-20(21)24(30)28-22(17-19-11-5-2-6-12-19)25(31)29-23(26(32)33)16-15-18-9-3-1-4-10-18/h1-14,22-23,32-33H,15-17H2,(H,28,30)(H,29,31)/t22-,23-/m0/s1. The van der Waals surface area contributed by atoms with Gasteiger partial charge in [0.25, 0.3) is 5.91 Å². The monoisotopic (exact) mass is 448 g/mol. The first kappa shape index (κ1) is 24.2. The number of halogens is 1. The predicted molar refractivity (Wildman–Crippen MR) is 125 cm³/mol. The zero-order chi connectivity index (χ0) is 23.6. The summed E-state index contributed by atoms with van der Waals surface area (Å²) in [7, 11) is -1.78. The molecule has 6 nitrogen and oxygen atoms in total. The molecule has 0 aliphatic rings. The van der Waals surface area contributed by atoms with Crippen molar-refractivity contribution < 1.29 is 24.0 Å². The summed E-state index contributed by atoms with van der Waals surface area (Å²) in [4.78, 5) is 25.8. The molecule has 0 saturated carbocycles. The molecule has 8 heteroatoms. The van der Waals surface area contributed by atoms with E-state index in [0.29, 0.717) is 6.42 Å². The summed E-state index contributed by atoms with van der Waals surface area (Å²) in [5.74, 6) is -2.95. The second-order valence-electron chi connectivity index (χ2n) is 7.75. The lowest BCUT2D eigenvalue weighted by Crippen LogP contribution is -2.54. The van der Waals surface area contributed by atoms with Gasteiger partial charge in [0.05, 0.1) is 11.5 Å². The van der Waals surface area contributed by atoms with Crippen molar-refractivity contribution in [2.75, 3.05) is 0 Å². The van der Waals surface area contributed by atoms with Crippen molar-refractivity contribution in [3.63, 3.8) is 0 Å². The van der Waals surface area contributed by atoms with Gasteiger partial charge in [0.15, 0.2) is 0 Å². The Bertz CT molecular complexity index is 1050. The maximum atomic E-state index is 14.1. The van der Waals surface area contributed by atoms with E-state index in [9.17, 15) is 24.0 Å². The third-order valence-corrected chi connectivity index (χ3v) is 5.30. The third kappa shape index (κ3) is 7.27. The van der Waals surface area contributed by atoms with Crippen molar-refractivity contribution in [3.8, 4) is 0 Å². The lowest BCUT2D eigenvalue weighted by molar-refractivity contribution is -0.123. The van der Waals surface area contributed by atoms with E-state index >= 15 is 0 Å². The molecule has 2 amide bonds. The first-order chi connectivity index (χ1) is 15.9. The first-order valence-corrected chi connectivity index (χ1v) is 10.7. The normalized spacial score (nSPS) is 12.5. The SMILES string of the molecule is O=C(N[C@@H](Cc1ccccc1)C(=O)N[C@@H](CCc1ccccc1)B(O)O)c1ccccc1F. The van der Waals surface area contributed by atoms with Gasteiger partial charge in [-0.1, -0.05) is 72.8 Å². The second-order valence-corrected chi connectivity index (χ2v) is 7.75. The lowest BCUT2D eigenvalue weighted by atomic mass is 9.76. The van der Waals surface area contributed by atoms with Crippen LogP contribution in [0.1, 0.15) is 27.9 Å². The molecule has 0 bridgehead atoms. The average molecular weight is 448 g/mol. The van der Waals surface area contributed by atoms with Gasteiger partial charge in [-0.3, -0.25) is 9.59 Å². The number of rotatable bonds is 10. The molecule has 0 aliphatic heterocycles. The third-order valence-electron chi connectivity index (χ3n) is 5.30. The predicted octanol–water partition coefficient (Wildman–Crippen LogP) is 2.30. The lowest BCUT2D eigenvalue weighted by Gasteiger charge is -2.23. The van der Waals surface area contributed by atoms with Crippen LogP contribution in [0.25, 0.3) is 0 Å². The summed E-state index contributed by atoms with van der Waals surface area (Å²) < 4.78 is 14.1. The molecule has 0 fully saturated rings. The molecule has 3 aromatic rings. The Morgan fingerprint density at radius 2 is 1.39 bits per heavy atom. The Hall–Kier alpha value is -3.49. The number of benzene rings is 3. The fourth-order valence-electron chi connectivity index (χ4n) is 3.49. The number of carbonyl (C=O) groups is 2. The fourth-order valence-corrected chi connectivity index (χ4v) is 3.49. The fraction of sp³-hybridized carbons (Fsp3) is 0.200. The zero-order valence-corrected chi connectivity index (χ0v) is 18.0. The summed E-state index contributed by atoms with van der Waals surface area (Å²) in [5, 5.41) is 24.8. The van der Waals surface area contributed by atoms with E-state index < -0.39 is 36.7 Å². The molecule has 3 aromatic carbocycles. The summed E-state index contributed by atoms with van der Waals surface area (Å²) in [6.07, 6.45) is 0.959. The largest absolute Gasteiger partial charge is 0.475 e. The van der Waals surface area contributed by atoms with Gasteiger partial charge in [-0.2, -0.15) is 0 Å². The van der Waals surface area contributed by atoms with Crippen LogP contribution in [0.2, 0.25) is 0 Å². The highest BCUT2D eigenvalue weighted by Crippen LogP contribution is 2.10. The molecule has 0 spiro atoms. The van der Waals surface area contributed by atoms with Crippen molar-refractivity contribution in [2.24, 2.45) is 0 Å². The molecule has 3 rings (SSSR count). The van der Waals surface area contributed by atoms with Crippen LogP contribution in [-0.2, 0) is 17.6 Å². The van der Waals surface area contributed by atoms with Gasteiger partial charge in [0, 0.05) is 6.42 Å². The number of carbonyl (C=O) groups excluding carboxylic acids is 2. The molecule has 0 aliphatic carbocycles. The second kappa shape index (κ2) is 11.9. The molecule has 170 valence electrons. The summed E-state index contributed by atoms with van der Waals surface area (Å²) >= 11 is 0. The molecule has 0 unspecified atom stereocenters. The molecule has 0 radical (unpaired) electrons. The number of amides is 2. The number of hydrogen-bond donors (Lipinski definition) is 4. The Morgan fingerprint density at radius 1 is 0.818 bits per heavy atom. The maximum absolute atomic E-state index is 14.1. The van der Waals surface area contributed by atoms with Crippen molar-refractivity contribution in [2.45, 2.75) is 31.2 Å². The van der Waals surface area contributed by atoms with E-state index in [2.05, 4.69) is 10.6 Å². The van der Waals surface area contributed by atoms with Crippen LogP contribution < -0.4 is 10.6 Å². The summed E-state index contributed by atoms with van der Waals surface area (Å²) in [5.41, 5.74) is 1.61. The summed E-state index contributed by atoms with van der Waals surface area (Å²) in [6.45, 7) is 0. The molecular formula is C25H26BFN2O4. The quantitative estimate of drug-likeness (QED) is 0.358. The first-order valence-electron chi connectivity index (χ1n) is 10.7. The van der Waals surface area contributed by atoms with E-state index in [1.165, 1.54) is 24.3 Å². The van der Waals surface area contributed by atoms with Crippen molar-refractivity contribution in [3.05, 3.63) is 107 Å². The Labute approximate surface area is 192 Å². The van der Waals surface area contributed by atoms with Gasteiger partial charge < -0.3 is 20.7 Å². The minimum absolute atomic E-state index is 0.153. The van der Waals surface area contributed by atoms with Crippen LogP contribution >= 0.6 is 0 Å². The number of hydrogen-bond acceptors (Lipinski definition) is 4. The molecule has 0 saturated heterocycles. The highest BCUT2D eigenvalue weighted by atomic mass is 19.1. The van der Waals surface area contributed by atoms with Crippen molar-refractivity contribution in [1.29, 1.82) is 0 Å². The smallest absolute Gasteiger partial charge is 0.426 e. The van der Waals surface area contributed by atoms with E-state index in [1.54, 1.807) is 0 Å².